The molecule has 106 valence electrons. The molecule has 0 unspecified atom stereocenters. The molecular weight excluding hydrogens is 365 g/mol. The van der Waals surface area contributed by atoms with E-state index in [2.05, 4.69) is 44.9 Å². The number of halogens is 1. The van der Waals surface area contributed by atoms with Gasteiger partial charge in [-0.2, -0.15) is 5.10 Å². The molecule has 0 saturated heterocycles. The lowest BCUT2D eigenvalue weighted by Crippen LogP contribution is -2.04. The molecule has 0 spiro atoms. The first-order valence-corrected chi connectivity index (χ1v) is 8.08. The fourth-order valence-corrected chi connectivity index (χ4v) is 3.17. The summed E-state index contributed by atoms with van der Waals surface area (Å²) >= 11 is 2.34. The second-order valence-electron chi connectivity index (χ2n) is 5.11. The molecule has 3 rings (SSSR count). The Morgan fingerprint density at radius 1 is 1.40 bits per heavy atom. The van der Waals surface area contributed by atoms with E-state index in [9.17, 15) is 0 Å². The molecule has 2 heterocycles. The molecule has 2 aromatic heterocycles. The molecule has 1 aliphatic rings. The van der Waals surface area contributed by atoms with Gasteiger partial charge >= 0.3 is 0 Å². The molecular formula is C14H18IN5. The van der Waals surface area contributed by atoms with Crippen LogP contribution < -0.4 is 5.32 Å². The molecule has 2 aromatic rings. The second-order valence-corrected chi connectivity index (χ2v) is 6.19. The van der Waals surface area contributed by atoms with Crippen molar-refractivity contribution in [2.75, 3.05) is 12.4 Å². The number of anilines is 1. The maximum atomic E-state index is 4.77. The summed E-state index contributed by atoms with van der Waals surface area (Å²) in [6.07, 6.45) is 7.44. The van der Waals surface area contributed by atoms with Crippen LogP contribution >= 0.6 is 22.6 Å². The topological polar surface area (TPSA) is 55.6 Å². The largest absolute Gasteiger partial charge is 0.372 e. The van der Waals surface area contributed by atoms with E-state index in [1.165, 1.54) is 18.5 Å². The highest BCUT2D eigenvalue weighted by molar-refractivity contribution is 14.1. The first-order chi connectivity index (χ1) is 9.72. The van der Waals surface area contributed by atoms with Crippen LogP contribution in [0.2, 0.25) is 0 Å². The van der Waals surface area contributed by atoms with Crippen LogP contribution in [0.4, 0.5) is 5.82 Å². The van der Waals surface area contributed by atoms with Gasteiger partial charge in [0.05, 0.1) is 21.0 Å². The van der Waals surface area contributed by atoms with Crippen molar-refractivity contribution in [2.45, 2.75) is 38.6 Å². The Morgan fingerprint density at radius 3 is 2.85 bits per heavy atom. The van der Waals surface area contributed by atoms with E-state index in [-0.39, 0.29) is 0 Å². The molecule has 0 aromatic carbocycles. The zero-order valence-electron chi connectivity index (χ0n) is 11.7. The maximum absolute atomic E-state index is 4.77. The van der Waals surface area contributed by atoms with Crippen LogP contribution in [0.1, 0.15) is 37.8 Å². The first-order valence-electron chi connectivity index (χ1n) is 7.01. The van der Waals surface area contributed by atoms with Crippen molar-refractivity contribution >= 4 is 28.4 Å². The number of aryl methyl sites for hydroxylation is 1. The third kappa shape index (κ3) is 2.65. The molecule has 0 amide bonds. The van der Waals surface area contributed by atoms with Gasteiger partial charge < -0.3 is 5.32 Å². The SMILES string of the molecule is CCCn1cc(-c2nc(NC)c(I)c(C3CC3)n2)cn1. The van der Waals surface area contributed by atoms with Crippen molar-refractivity contribution in [1.82, 2.24) is 19.7 Å². The van der Waals surface area contributed by atoms with Gasteiger partial charge in [0.2, 0.25) is 0 Å². The van der Waals surface area contributed by atoms with Gasteiger partial charge in [-0.3, -0.25) is 4.68 Å². The molecule has 0 atom stereocenters. The minimum absolute atomic E-state index is 0.612. The zero-order chi connectivity index (χ0) is 14.1. The minimum atomic E-state index is 0.612. The molecule has 6 heteroatoms. The molecule has 1 N–H and O–H groups in total. The van der Waals surface area contributed by atoms with E-state index in [4.69, 9.17) is 4.98 Å². The van der Waals surface area contributed by atoms with Crippen molar-refractivity contribution in [2.24, 2.45) is 0 Å². The Kier molecular flexibility index (Phi) is 3.91. The lowest BCUT2D eigenvalue weighted by Gasteiger charge is -2.09. The van der Waals surface area contributed by atoms with Gasteiger partial charge in [0, 0.05) is 25.7 Å². The minimum Gasteiger partial charge on any atom is -0.372 e. The zero-order valence-corrected chi connectivity index (χ0v) is 13.9. The van der Waals surface area contributed by atoms with Crippen LogP contribution in [-0.2, 0) is 6.54 Å². The Hall–Kier alpha value is -1.18. The van der Waals surface area contributed by atoms with Crippen LogP contribution in [-0.4, -0.2) is 26.8 Å². The summed E-state index contributed by atoms with van der Waals surface area (Å²) in [4.78, 5) is 9.40. The van der Waals surface area contributed by atoms with Gasteiger partial charge in [-0.1, -0.05) is 6.92 Å². The Morgan fingerprint density at radius 2 is 2.20 bits per heavy atom. The molecule has 0 bridgehead atoms. The van der Waals surface area contributed by atoms with Crippen molar-refractivity contribution in [1.29, 1.82) is 0 Å². The average Bonchev–Trinajstić information content (AvgIpc) is 3.19. The molecule has 5 nitrogen and oxygen atoms in total. The van der Waals surface area contributed by atoms with Crippen LogP contribution in [0.3, 0.4) is 0 Å². The van der Waals surface area contributed by atoms with Crippen molar-refractivity contribution in [3.8, 4) is 11.4 Å². The molecule has 1 aliphatic carbocycles. The summed E-state index contributed by atoms with van der Waals surface area (Å²) in [6, 6.07) is 0. The summed E-state index contributed by atoms with van der Waals surface area (Å²) in [5.41, 5.74) is 2.18. The number of nitrogens with one attached hydrogen (secondary N) is 1. The van der Waals surface area contributed by atoms with Gasteiger partial charge in [-0.05, 0) is 41.9 Å². The highest BCUT2D eigenvalue weighted by atomic mass is 127. The predicted molar refractivity (Wildman–Crippen MR) is 87.8 cm³/mol. The number of hydrogen-bond donors (Lipinski definition) is 1. The van der Waals surface area contributed by atoms with Crippen molar-refractivity contribution in [3.05, 3.63) is 21.7 Å². The van der Waals surface area contributed by atoms with Gasteiger partial charge in [0.25, 0.3) is 0 Å². The van der Waals surface area contributed by atoms with E-state index >= 15 is 0 Å². The highest BCUT2D eigenvalue weighted by Gasteiger charge is 2.29. The van der Waals surface area contributed by atoms with Crippen LogP contribution in [0, 0.1) is 3.57 Å². The van der Waals surface area contributed by atoms with Gasteiger partial charge in [-0.15, -0.1) is 0 Å². The monoisotopic (exact) mass is 383 g/mol. The normalized spacial score (nSPS) is 14.6. The summed E-state index contributed by atoms with van der Waals surface area (Å²) < 4.78 is 3.10. The number of rotatable bonds is 5. The molecule has 1 saturated carbocycles. The average molecular weight is 383 g/mol. The fraction of sp³-hybridized carbons (Fsp3) is 0.500. The van der Waals surface area contributed by atoms with Crippen LogP contribution in [0.5, 0.6) is 0 Å². The third-order valence-corrected chi connectivity index (χ3v) is 4.49. The molecule has 1 fully saturated rings. The molecule has 20 heavy (non-hydrogen) atoms. The van der Waals surface area contributed by atoms with Gasteiger partial charge in [-0.25, -0.2) is 9.97 Å². The van der Waals surface area contributed by atoms with Gasteiger partial charge in [0.15, 0.2) is 5.82 Å². The second kappa shape index (κ2) is 5.67. The summed E-state index contributed by atoms with van der Waals surface area (Å²) in [5, 5.41) is 7.54. The van der Waals surface area contributed by atoms with Crippen LogP contribution in [0.25, 0.3) is 11.4 Å². The van der Waals surface area contributed by atoms with Crippen molar-refractivity contribution in [3.63, 3.8) is 0 Å². The van der Waals surface area contributed by atoms with E-state index in [1.807, 2.05) is 24.1 Å². The van der Waals surface area contributed by atoms with E-state index in [1.54, 1.807) is 0 Å². The molecule has 0 aliphatic heterocycles. The van der Waals surface area contributed by atoms with Crippen molar-refractivity contribution < 1.29 is 0 Å². The predicted octanol–water partition coefficient (Wildman–Crippen LogP) is 3.27. The number of hydrogen-bond acceptors (Lipinski definition) is 4. The Balaban J connectivity index is 2.01. The van der Waals surface area contributed by atoms with E-state index < -0.39 is 0 Å². The Bertz CT molecular complexity index is 618. The summed E-state index contributed by atoms with van der Waals surface area (Å²) in [6.45, 7) is 3.08. The summed E-state index contributed by atoms with van der Waals surface area (Å²) in [5.74, 6) is 2.31. The highest BCUT2D eigenvalue weighted by Crippen LogP contribution is 2.42. The maximum Gasteiger partial charge on any atom is 0.165 e. The van der Waals surface area contributed by atoms with E-state index in [0.29, 0.717) is 5.92 Å². The lowest BCUT2D eigenvalue weighted by molar-refractivity contribution is 0.603. The quantitative estimate of drug-likeness (QED) is 0.806. The fourth-order valence-electron chi connectivity index (χ4n) is 2.22. The number of aromatic nitrogens is 4. The third-order valence-electron chi connectivity index (χ3n) is 3.42. The smallest absolute Gasteiger partial charge is 0.165 e. The van der Waals surface area contributed by atoms with Gasteiger partial charge in [0.1, 0.15) is 5.82 Å². The lowest BCUT2D eigenvalue weighted by atomic mass is 10.2. The standard InChI is InChI=1S/C14H18IN5/c1-3-6-20-8-10(7-17-20)13-18-12(9-4-5-9)11(15)14(16-2)19-13/h7-9H,3-6H2,1-2H3,(H,16,18,19). The molecule has 0 radical (unpaired) electrons. The Labute approximate surface area is 132 Å². The number of nitrogens with zero attached hydrogens (tertiary/aromatic N) is 4. The first kappa shape index (κ1) is 13.8. The van der Waals surface area contributed by atoms with Crippen LogP contribution in [0.15, 0.2) is 12.4 Å². The summed E-state index contributed by atoms with van der Waals surface area (Å²) in [7, 11) is 1.91. The van der Waals surface area contributed by atoms with E-state index in [0.717, 1.165) is 33.7 Å².